The van der Waals surface area contributed by atoms with Gasteiger partial charge in [0, 0.05) is 19.3 Å². The molecule has 0 aliphatic carbocycles. The van der Waals surface area contributed by atoms with E-state index in [-0.39, 0.29) is 29.5 Å². The van der Waals surface area contributed by atoms with E-state index in [1.807, 2.05) is 6.20 Å². The van der Waals surface area contributed by atoms with Gasteiger partial charge in [0.25, 0.3) is 0 Å². The Bertz CT molecular complexity index is 805. The molecule has 2 heterocycles. The molecule has 0 unspecified atom stereocenters. The van der Waals surface area contributed by atoms with Gasteiger partial charge in [-0.1, -0.05) is 0 Å². The highest BCUT2D eigenvalue weighted by atomic mass is 79.9. The van der Waals surface area contributed by atoms with Gasteiger partial charge in [-0.05, 0) is 48.8 Å². The van der Waals surface area contributed by atoms with Crippen molar-refractivity contribution >= 4 is 34.2 Å². The van der Waals surface area contributed by atoms with Gasteiger partial charge < -0.3 is 10.6 Å². The SMILES string of the molecule is CN[C@H](Cc1cnn(C)c1)C(=O)NC(C)(C)Cn1nc(C(F)(F)F)cc1Br.Cl. The molecule has 2 aromatic rings. The number of hydrogen-bond acceptors (Lipinski definition) is 4. The van der Waals surface area contributed by atoms with E-state index in [2.05, 4.69) is 36.8 Å². The molecule has 0 saturated carbocycles. The molecule has 12 heteroatoms. The molecule has 1 amide bonds. The molecule has 0 aliphatic heterocycles. The summed E-state index contributed by atoms with van der Waals surface area (Å²) < 4.78 is 41.4. The lowest BCUT2D eigenvalue weighted by molar-refractivity contribution is -0.141. The maximum absolute atomic E-state index is 12.8. The van der Waals surface area contributed by atoms with Crippen LogP contribution in [0.2, 0.25) is 0 Å². The van der Waals surface area contributed by atoms with Crippen molar-refractivity contribution in [1.29, 1.82) is 0 Å². The standard InChI is InChI=1S/C16H22BrF3N6O.ClH/c1-15(2,9-26-13(17)6-12(24-26)16(18,19)20)23-14(27)11(21-3)5-10-7-22-25(4)8-10;/h6-8,11,21H,5,9H2,1-4H3,(H,23,27);1H/t11-;/m1./s1. The number of hydrogen-bond donors (Lipinski definition) is 2. The van der Waals surface area contributed by atoms with E-state index in [0.29, 0.717) is 6.42 Å². The average Bonchev–Trinajstić information content (AvgIpc) is 3.09. The van der Waals surface area contributed by atoms with Gasteiger partial charge >= 0.3 is 6.18 Å². The van der Waals surface area contributed by atoms with E-state index in [1.165, 1.54) is 4.68 Å². The fourth-order valence-corrected chi connectivity index (χ4v) is 3.04. The fraction of sp³-hybridized carbons (Fsp3) is 0.562. The zero-order chi connectivity index (χ0) is 20.4. The number of aryl methyl sites for hydroxylation is 1. The van der Waals surface area contributed by atoms with Crippen molar-refractivity contribution in [2.24, 2.45) is 7.05 Å². The van der Waals surface area contributed by atoms with Crippen molar-refractivity contribution < 1.29 is 18.0 Å². The van der Waals surface area contributed by atoms with Crippen LogP contribution in [-0.2, 0) is 31.0 Å². The highest BCUT2D eigenvalue weighted by Gasteiger charge is 2.35. The lowest BCUT2D eigenvalue weighted by atomic mass is 10.0. The average molecular weight is 488 g/mol. The first kappa shape index (κ1) is 24.4. The second-order valence-electron chi connectivity index (χ2n) is 6.95. The van der Waals surface area contributed by atoms with Gasteiger partial charge in [-0.3, -0.25) is 14.2 Å². The second kappa shape index (κ2) is 9.27. The smallest absolute Gasteiger partial charge is 0.348 e. The molecule has 0 aliphatic rings. The Morgan fingerprint density at radius 3 is 2.46 bits per heavy atom. The van der Waals surface area contributed by atoms with E-state index < -0.39 is 23.5 Å². The number of carbonyl (C=O) groups excluding carboxylic acids is 1. The Morgan fingerprint density at radius 2 is 2.00 bits per heavy atom. The summed E-state index contributed by atoms with van der Waals surface area (Å²) in [6.07, 6.45) is -0.581. The topological polar surface area (TPSA) is 76.8 Å². The largest absolute Gasteiger partial charge is 0.435 e. The van der Waals surface area contributed by atoms with E-state index in [9.17, 15) is 18.0 Å². The second-order valence-corrected chi connectivity index (χ2v) is 7.76. The molecule has 28 heavy (non-hydrogen) atoms. The van der Waals surface area contributed by atoms with Crippen molar-refractivity contribution in [3.63, 3.8) is 0 Å². The number of nitrogens with zero attached hydrogens (tertiary/aromatic N) is 4. The normalized spacial score (nSPS) is 13.1. The molecule has 0 spiro atoms. The van der Waals surface area contributed by atoms with Crippen molar-refractivity contribution in [3.05, 3.63) is 34.3 Å². The third-order valence-corrected chi connectivity index (χ3v) is 4.53. The van der Waals surface area contributed by atoms with Crippen LogP contribution < -0.4 is 10.6 Å². The first-order valence-corrected chi connectivity index (χ1v) is 8.98. The maximum Gasteiger partial charge on any atom is 0.435 e. The quantitative estimate of drug-likeness (QED) is 0.629. The Morgan fingerprint density at radius 1 is 1.36 bits per heavy atom. The summed E-state index contributed by atoms with van der Waals surface area (Å²) in [6, 6.07) is 0.414. The zero-order valence-electron chi connectivity index (χ0n) is 15.8. The summed E-state index contributed by atoms with van der Waals surface area (Å²) in [5, 5.41) is 13.5. The Hall–Kier alpha value is -1.59. The number of nitrogens with one attached hydrogen (secondary N) is 2. The monoisotopic (exact) mass is 486 g/mol. The van der Waals surface area contributed by atoms with E-state index >= 15 is 0 Å². The van der Waals surface area contributed by atoms with Crippen LogP contribution in [0.3, 0.4) is 0 Å². The predicted molar refractivity (Wildman–Crippen MR) is 104 cm³/mol. The molecule has 0 aromatic carbocycles. The Kier molecular flexibility index (Phi) is 8.10. The Balaban J connectivity index is 0.00000392. The Labute approximate surface area is 175 Å². The number of amides is 1. The molecule has 1 atom stereocenters. The minimum atomic E-state index is -4.53. The zero-order valence-corrected chi connectivity index (χ0v) is 18.2. The van der Waals surface area contributed by atoms with Gasteiger partial charge in [0.05, 0.1) is 24.3 Å². The first-order valence-electron chi connectivity index (χ1n) is 8.18. The van der Waals surface area contributed by atoms with Crippen molar-refractivity contribution in [3.8, 4) is 0 Å². The molecule has 2 aromatic heterocycles. The van der Waals surface area contributed by atoms with E-state index in [4.69, 9.17) is 0 Å². The maximum atomic E-state index is 12.8. The van der Waals surface area contributed by atoms with Crippen LogP contribution in [0.5, 0.6) is 0 Å². The number of aromatic nitrogens is 4. The number of likely N-dealkylation sites (N-methyl/N-ethyl adjacent to an activating group) is 1. The minimum absolute atomic E-state index is 0. The molecule has 7 nitrogen and oxygen atoms in total. The highest BCUT2D eigenvalue weighted by molar-refractivity contribution is 9.10. The van der Waals surface area contributed by atoms with Crippen molar-refractivity contribution in [1.82, 2.24) is 30.2 Å². The van der Waals surface area contributed by atoms with Gasteiger partial charge in [-0.25, -0.2) is 0 Å². The van der Waals surface area contributed by atoms with Crippen LogP contribution in [0, 0.1) is 0 Å². The van der Waals surface area contributed by atoms with Crippen LogP contribution >= 0.6 is 28.3 Å². The summed E-state index contributed by atoms with van der Waals surface area (Å²) in [5.41, 5.74) is -0.908. The molecule has 2 rings (SSSR count). The van der Waals surface area contributed by atoms with Crippen LogP contribution in [0.4, 0.5) is 13.2 Å². The summed E-state index contributed by atoms with van der Waals surface area (Å²) >= 11 is 3.08. The van der Waals surface area contributed by atoms with Gasteiger partial charge in [0.2, 0.25) is 5.91 Å². The van der Waals surface area contributed by atoms with E-state index in [0.717, 1.165) is 11.6 Å². The number of rotatable bonds is 7. The summed E-state index contributed by atoms with van der Waals surface area (Å²) in [7, 11) is 3.46. The molecule has 0 fully saturated rings. The number of alkyl halides is 3. The third kappa shape index (κ3) is 6.49. The van der Waals surface area contributed by atoms with Crippen LogP contribution in [0.1, 0.15) is 25.1 Å². The van der Waals surface area contributed by atoms with Crippen LogP contribution in [0.15, 0.2) is 23.1 Å². The first-order chi connectivity index (χ1) is 12.4. The summed E-state index contributed by atoms with van der Waals surface area (Å²) in [6.45, 7) is 3.52. The molecular formula is C16H23BrClF3N6O. The molecule has 158 valence electrons. The molecule has 0 saturated heterocycles. The van der Waals surface area contributed by atoms with E-state index in [1.54, 1.807) is 38.8 Å². The number of carbonyl (C=O) groups is 1. The van der Waals surface area contributed by atoms with Crippen molar-refractivity contribution in [2.75, 3.05) is 7.05 Å². The van der Waals surface area contributed by atoms with Gasteiger partial charge in [0.15, 0.2) is 5.69 Å². The highest BCUT2D eigenvalue weighted by Crippen LogP contribution is 2.30. The summed E-state index contributed by atoms with van der Waals surface area (Å²) in [5.74, 6) is -0.259. The summed E-state index contributed by atoms with van der Waals surface area (Å²) in [4.78, 5) is 12.6. The van der Waals surface area contributed by atoms with Crippen LogP contribution in [0.25, 0.3) is 0 Å². The van der Waals surface area contributed by atoms with Gasteiger partial charge in [0.1, 0.15) is 4.60 Å². The lowest BCUT2D eigenvalue weighted by Crippen LogP contribution is -2.53. The fourth-order valence-electron chi connectivity index (χ4n) is 2.62. The molecule has 0 radical (unpaired) electrons. The van der Waals surface area contributed by atoms with Gasteiger partial charge in [-0.15, -0.1) is 12.4 Å². The lowest BCUT2D eigenvalue weighted by Gasteiger charge is -2.29. The molecular weight excluding hydrogens is 465 g/mol. The predicted octanol–water partition coefficient (Wildman–Crippen LogP) is 2.55. The third-order valence-electron chi connectivity index (χ3n) is 3.89. The number of halogens is 5. The minimum Gasteiger partial charge on any atom is -0.348 e. The molecule has 2 N–H and O–H groups in total. The van der Waals surface area contributed by atoms with Crippen molar-refractivity contribution in [2.45, 2.75) is 44.6 Å². The van der Waals surface area contributed by atoms with Crippen LogP contribution in [-0.4, -0.2) is 44.1 Å². The van der Waals surface area contributed by atoms with Gasteiger partial charge in [-0.2, -0.15) is 23.4 Å². The molecule has 0 bridgehead atoms.